The number of halogens is 1. The molecule has 1 amide bonds. The highest BCUT2D eigenvalue weighted by atomic mass is 127. The van der Waals surface area contributed by atoms with E-state index in [4.69, 9.17) is 4.74 Å². The molecule has 0 spiro atoms. The first-order chi connectivity index (χ1) is 15.4. The molecule has 1 aliphatic heterocycles. The van der Waals surface area contributed by atoms with Crippen molar-refractivity contribution < 1.29 is 9.53 Å². The Labute approximate surface area is 217 Å². The Kier molecular flexibility index (Phi) is 14.6. The molecule has 1 aliphatic rings. The van der Waals surface area contributed by atoms with Crippen LogP contribution >= 0.6 is 24.0 Å². The Bertz CT molecular complexity index is 691. The van der Waals surface area contributed by atoms with Crippen LogP contribution in [0.3, 0.4) is 0 Å². The second kappa shape index (κ2) is 16.3. The normalized spacial score (nSPS) is 16.2. The third kappa shape index (κ3) is 11.5. The van der Waals surface area contributed by atoms with Crippen LogP contribution in [0.5, 0.6) is 0 Å². The highest BCUT2D eigenvalue weighted by molar-refractivity contribution is 14.0. The lowest BCUT2D eigenvalue weighted by atomic mass is 10.0. The number of benzene rings is 1. The average molecular weight is 574 g/mol. The van der Waals surface area contributed by atoms with E-state index in [1.807, 2.05) is 6.92 Å². The number of amides is 1. The van der Waals surface area contributed by atoms with Gasteiger partial charge < -0.3 is 20.3 Å². The van der Waals surface area contributed by atoms with Crippen molar-refractivity contribution >= 4 is 35.8 Å². The Morgan fingerprint density at radius 3 is 2.45 bits per heavy atom. The van der Waals surface area contributed by atoms with Gasteiger partial charge in [0.05, 0.1) is 6.10 Å². The minimum absolute atomic E-state index is 0. The number of likely N-dealkylation sites (tertiary alicyclic amines) is 1. The van der Waals surface area contributed by atoms with Gasteiger partial charge in [-0.2, -0.15) is 0 Å². The zero-order valence-electron chi connectivity index (χ0n) is 21.0. The van der Waals surface area contributed by atoms with Crippen LogP contribution in [0, 0.1) is 5.92 Å². The topological polar surface area (TPSA) is 69.2 Å². The largest absolute Gasteiger partial charge is 0.378 e. The molecule has 7 nitrogen and oxygen atoms in total. The Morgan fingerprint density at radius 2 is 1.88 bits per heavy atom. The van der Waals surface area contributed by atoms with E-state index >= 15 is 0 Å². The zero-order valence-corrected chi connectivity index (χ0v) is 23.4. The summed E-state index contributed by atoms with van der Waals surface area (Å²) in [5.74, 6) is 1.19. The summed E-state index contributed by atoms with van der Waals surface area (Å²) >= 11 is 0. The molecular formula is C25H44IN5O2. The molecule has 2 N–H and O–H groups in total. The molecule has 33 heavy (non-hydrogen) atoms. The number of hydrogen-bond acceptors (Lipinski definition) is 4. The Hall–Kier alpha value is -1.39. The van der Waals surface area contributed by atoms with Crippen molar-refractivity contribution in [2.75, 3.05) is 46.9 Å². The van der Waals surface area contributed by atoms with Crippen molar-refractivity contribution in [3.8, 4) is 0 Å². The van der Waals surface area contributed by atoms with Crippen molar-refractivity contribution in [1.82, 2.24) is 20.4 Å². The molecule has 1 atom stereocenters. The van der Waals surface area contributed by atoms with E-state index in [1.54, 1.807) is 19.0 Å². The van der Waals surface area contributed by atoms with E-state index < -0.39 is 0 Å². The molecule has 1 saturated heterocycles. The number of guanidine groups is 1. The number of carbonyl (C=O) groups excluding carboxylic acids is 1. The lowest BCUT2D eigenvalue weighted by molar-refractivity contribution is -0.127. The summed E-state index contributed by atoms with van der Waals surface area (Å²) in [5, 5.41) is 7.00. The molecule has 8 heteroatoms. The monoisotopic (exact) mass is 573 g/mol. The van der Waals surface area contributed by atoms with E-state index in [1.165, 1.54) is 5.56 Å². The van der Waals surface area contributed by atoms with Crippen LogP contribution in [-0.2, 0) is 16.1 Å². The molecule has 1 fully saturated rings. The number of hydrogen-bond donors (Lipinski definition) is 2. The molecular weight excluding hydrogens is 529 g/mol. The summed E-state index contributed by atoms with van der Waals surface area (Å²) in [7, 11) is 3.52. The third-order valence-corrected chi connectivity index (χ3v) is 5.89. The van der Waals surface area contributed by atoms with Crippen molar-refractivity contribution in [2.45, 2.75) is 58.7 Å². The smallest absolute Gasteiger partial charge is 0.243 e. The van der Waals surface area contributed by atoms with Gasteiger partial charge in [-0.3, -0.25) is 9.69 Å². The Balaban J connectivity index is 0.00000544. The van der Waals surface area contributed by atoms with Crippen LogP contribution in [-0.4, -0.2) is 80.7 Å². The van der Waals surface area contributed by atoms with Crippen LogP contribution < -0.4 is 10.6 Å². The quantitative estimate of drug-likeness (QED) is 0.242. The van der Waals surface area contributed by atoms with Gasteiger partial charge in [0.1, 0.15) is 6.54 Å². The fourth-order valence-electron chi connectivity index (χ4n) is 3.87. The first-order valence-corrected chi connectivity index (χ1v) is 12.0. The molecule has 2 rings (SSSR count). The Morgan fingerprint density at radius 1 is 1.21 bits per heavy atom. The maximum atomic E-state index is 12.0. The molecule has 0 radical (unpaired) electrons. The molecule has 0 bridgehead atoms. The number of likely N-dealkylation sites (N-methyl/N-ethyl adjacent to an activating group) is 1. The molecule has 1 unspecified atom stereocenters. The number of ether oxygens (including phenoxy) is 1. The van der Waals surface area contributed by atoms with Crippen LogP contribution in [0.25, 0.3) is 0 Å². The van der Waals surface area contributed by atoms with E-state index in [9.17, 15) is 4.79 Å². The maximum Gasteiger partial charge on any atom is 0.243 e. The summed E-state index contributed by atoms with van der Waals surface area (Å²) < 4.78 is 5.86. The van der Waals surface area contributed by atoms with Gasteiger partial charge in [0.25, 0.3) is 0 Å². The number of nitrogens with one attached hydrogen (secondary N) is 2. The van der Waals surface area contributed by atoms with E-state index in [2.05, 4.69) is 64.7 Å². The highest BCUT2D eigenvalue weighted by Crippen LogP contribution is 2.14. The molecule has 1 aromatic rings. The lowest BCUT2D eigenvalue weighted by Crippen LogP contribution is -2.49. The number of rotatable bonds is 11. The summed E-state index contributed by atoms with van der Waals surface area (Å²) in [5.41, 5.74) is 1.36. The van der Waals surface area contributed by atoms with Crippen LogP contribution in [0.4, 0.5) is 0 Å². The first-order valence-electron chi connectivity index (χ1n) is 12.0. The van der Waals surface area contributed by atoms with E-state index in [0.29, 0.717) is 12.0 Å². The van der Waals surface area contributed by atoms with E-state index in [-0.39, 0.29) is 42.5 Å². The van der Waals surface area contributed by atoms with Gasteiger partial charge in [0.15, 0.2) is 5.96 Å². The number of piperidine rings is 1. The summed E-state index contributed by atoms with van der Waals surface area (Å²) in [6.07, 6.45) is 3.24. The standard InChI is InChI=1S/C25H43N5O2.HI/c1-6-32-23(20(2)3)12-15-26-25(27-18-24(31)29(4)5)28-22-13-16-30(17-14-22)19-21-10-8-7-9-11-21;/h7-11,20,22-23H,6,12-19H2,1-5H3,(H2,26,27,28);1H. The molecule has 188 valence electrons. The average Bonchev–Trinajstić information content (AvgIpc) is 2.78. The zero-order chi connectivity index (χ0) is 23.3. The number of nitrogens with zero attached hydrogens (tertiary/aromatic N) is 3. The number of aliphatic imine (C=N–C) groups is 1. The van der Waals surface area contributed by atoms with Crippen LogP contribution in [0.1, 0.15) is 45.6 Å². The highest BCUT2D eigenvalue weighted by Gasteiger charge is 2.21. The van der Waals surface area contributed by atoms with Crippen molar-refractivity contribution in [2.24, 2.45) is 10.9 Å². The van der Waals surface area contributed by atoms with Gasteiger partial charge in [-0.05, 0) is 37.7 Å². The number of carbonyl (C=O) groups is 1. The predicted octanol–water partition coefficient (Wildman–Crippen LogP) is 3.34. The van der Waals surface area contributed by atoms with Gasteiger partial charge in [0, 0.05) is 52.9 Å². The summed E-state index contributed by atoms with van der Waals surface area (Å²) in [6, 6.07) is 11.0. The van der Waals surface area contributed by atoms with Crippen LogP contribution in [0.2, 0.25) is 0 Å². The first kappa shape index (κ1) is 29.6. The molecule has 1 aromatic carbocycles. The van der Waals surface area contributed by atoms with E-state index in [0.717, 1.165) is 58.0 Å². The van der Waals surface area contributed by atoms with Gasteiger partial charge in [-0.1, -0.05) is 44.2 Å². The van der Waals surface area contributed by atoms with Gasteiger partial charge in [-0.15, -0.1) is 24.0 Å². The third-order valence-electron chi connectivity index (χ3n) is 5.89. The second-order valence-electron chi connectivity index (χ2n) is 9.09. The summed E-state index contributed by atoms with van der Waals surface area (Å²) in [4.78, 5) is 20.7. The van der Waals surface area contributed by atoms with Crippen LogP contribution in [0.15, 0.2) is 35.3 Å². The maximum absolute atomic E-state index is 12.0. The minimum Gasteiger partial charge on any atom is -0.378 e. The summed E-state index contributed by atoms with van der Waals surface area (Å²) in [6.45, 7) is 11.1. The molecule has 0 aromatic heterocycles. The van der Waals surface area contributed by atoms with Crippen molar-refractivity contribution in [3.05, 3.63) is 35.9 Å². The SMILES string of the molecule is CCOC(CCNC(=NCC(=O)N(C)C)NC1CCN(Cc2ccccc2)CC1)C(C)C.I. The fraction of sp³-hybridized carbons (Fsp3) is 0.680. The second-order valence-corrected chi connectivity index (χ2v) is 9.09. The van der Waals surface area contributed by atoms with Gasteiger partial charge in [-0.25, -0.2) is 4.99 Å². The molecule has 1 heterocycles. The fourth-order valence-corrected chi connectivity index (χ4v) is 3.87. The van der Waals surface area contributed by atoms with Crippen molar-refractivity contribution in [3.63, 3.8) is 0 Å². The predicted molar refractivity (Wildman–Crippen MR) is 147 cm³/mol. The van der Waals surface area contributed by atoms with Crippen molar-refractivity contribution in [1.29, 1.82) is 0 Å². The molecule has 0 aliphatic carbocycles. The lowest BCUT2D eigenvalue weighted by Gasteiger charge is -2.33. The molecule has 0 saturated carbocycles. The van der Waals surface area contributed by atoms with Gasteiger partial charge in [0.2, 0.25) is 5.91 Å². The minimum atomic E-state index is -0.00171. The van der Waals surface area contributed by atoms with Gasteiger partial charge >= 0.3 is 0 Å².